The zero-order chi connectivity index (χ0) is 15.3. The number of nitrogens with one attached hydrogen (secondary N) is 1. The Hall–Kier alpha value is -1.46. The van der Waals surface area contributed by atoms with Gasteiger partial charge in [-0.15, -0.1) is 0 Å². The van der Waals surface area contributed by atoms with Crippen molar-refractivity contribution in [1.29, 1.82) is 0 Å². The maximum atomic E-state index is 10.9. The van der Waals surface area contributed by atoms with Gasteiger partial charge in [-0.2, -0.15) is 0 Å². The third-order valence-electron chi connectivity index (χ3n) is 4.61. The van der Waals surface area contributed by atoms with E-state index in [2.05, 4.69) is 12.2 Å². The van der Waals surface area contributed by atoms with Crippen LogP contribution < -0.4 is 5.32 Å². The first-order valence-electron chi connectivity index (χ1n) is 7.69. The van der Waals surface area contributed by atoms with Crippen LogP contribution in [0.1, 0.15) is 50.6 Å². The number of nitrogens with zero attached hydrogens (tertiary/aromatic N) is 1. The van der Waals surface area contributed by atoms with Gasteiger partial charge in [0.05, 0.1) is 4.92 Å². The average Bonchev–Trinajstić information content (AvgIpc) is 2.97. The zero-order valence-electron chi connectivity index (χ0n) is 12.5. The monoisotopic (exact) mass is 292 g/mol. The summed E-state index contributed by atoms with van der Waals surface area (Å²) in [6.07, 6.45) is 5.33. The summed E-state index contributed by atoms with van der Waals surface area (Å²) in [6.45, 7) is 3.05. The molecular formula is C16H24N2O3. The van der Waals surface area contributed by atoms with Crippen LogP contribution >= 0.6 is 0 Å². The Morgan fingerprint density at radius 3 is 2.71 bits per heavy atom. The molecule has 5 heteroatoms. The second-order valence-corrected chi connectivity index (χ2v) is 6.06. The summed E-state index contributed by atoms with van der Waals surface area (Å²) in [7, 11) is 0. The van der Waals surface area contributed by atoms with E-state index in [0.29, 0.717) is 0 Å². The standard InChI is InChI=1S/C16H24N2O3/c1-2-15(13-6-5-7-14(10-13)18(20)21)17-11-16(12-19)8-3-4-9-16/h5-7,10,15,17,19H,2-4,8-9,11-12H2,1H3. The molecule has 2 N–H and O–H groups in total. The number of rotatable bonds is 7. The number of nitro benzene ring substituents is 1. The van der Waals surface area contributed by atoms with Gasteiger partial charge in [-0.05, 0) is 24.8 Å². The van der Waals surface area contributed by atoms with Crippen molar-refractivity contribution in [1.82, 2.24) is 5.32 Å². The topological polar surface area (TPSA) is 75.4 Å². The Labute approximate surface area is 125 Å². The van der Waals surface area contributed by atoms with Gasteiger partial charge in [0.25, 0.3) is 5.69 Å². The van der Waals surface area contributed by atoms with Crippen LogP contribution in [-0.4, -0.2) is 23.2 Å². The fraction of sp³-hybridized carbons (Fsp3) is 0.625. The van der Waals surface area contributed by atoms with Gasteiger partial charge in [-0.1, -0.05) is 31.9 Å². The summed E-state index contributed by atoms with van der Waals surface area (Å²) < 4.78 is 0. The molecule has 1 aliphatic carbocycles. The quantitative estimate of drug-likeness (QED) is 0.598. The molecule has 0 amide bonds. The summed E-state index contributed by atoms with van der Waals surface area (Å²) in [5.41, 5.74) is 1.07. The first-order valence-corrected chi connectivity index (χ1v) is 7.69. The van der Waals surface area contributed by atoms with Crippen molar-refractivity contribution in [2.24, 2.45) is 5.41 Å². The van der Waals surface area contributed by atoms with E-state index in [9.17, 15) is 15.2 Å². The fourth-order valence-corrected chi connectivity index (χ4v) is 3.21. The lowest BCUT2D eigenvalue weighted by Gasteiger charge is -2.29. The highest BCUT2D eigenvalue weighted by Crippen LogP contribution is 2.37. The molecular weight excluding hydrogens is 268 g/mol. The highest BCUT2D eigenvalue weighted by molar-refractivity contribution is 5.35. The van der Waals surface area contributed by atoms with E-state index in [1.807, 2.05) is 6.07 Å². The van der Waals surface area contributed by atoms with Crippen molar-refractivity contribution >= 4 is 5.69 Å². The van der Waals surface area contributed by atoms with E-state index >= 15 is 0 Å². The SMILES string of the molecule is CCC(NCC1(CO)CCCC1)c1cccc([N+](=O)[O-])c1. The first-order chi connectivity index (χ1) is 10.1. The van der Waals surface area contributed by atoms with Crippen LogP contribution in [0, 0.1) is 15.5 Å². The van der Waals surface area contributed by atoms with Gasteiger partial charge in [0.1, 0.15) is 0 Å². The normalized spacial score (nSPS) is 18.6. The van der Waals surface area contributed by atoms with E-state index in [0.717, 1.165) is 31.4 Å². The molecule has 0 saturated heterocycles. The van der Waals surface area contributed by atoms with Crippen LogP contribution in [0.15, 0.2) is 24.3 Å². The molecule has 1 aliphatic rings. The molecule has 0 spiro atoms. The van der Waals surface area contributed by atoms with Crippen molar-refractivity contribution in [3.8, 4) is 0 Å². The largest absolute Gasteiger partial charge is 0.396 e. The summed E-state index contributed by atoms with van der Waals surface area (Å²) in [4.78, 5) is 10.5. The zero-order valence-corrected chi connectivity index (χ0v) is 12.5. The number of aliphatic hydroxyl groups is 1. The smallest absolute Gasteiger partial charge is 0.269 e. The minimum atomic E-state index is -0.359. The van der Waals surface area contributed by atoms with Gasteiger partial charge in [0.2, 0.25) is 0 Å². The molecule has 1 aromatic carbocycles. The number of benzene rings is 1. The molecule has 0 radical (unpaired) electrons. The Kier molecular flexibility index (Phi) is 5.31. The number of hydrogen-bond acceptors (Lipinski definition) is 4. The van der Waals surface area contributed by atoms with Gasteiger partial charge in [-0.3, -0.25) is 10.1 Å². The minimum Gasteiger partial charge on any atom is -0.396 e. The Bertz CT molecular complexity index is 484. The number of nitro groups is 1. The number of aliphatic hydroxyl groups excluding tert-OH is 1. The molecule has 0 heterocycles. The lowest BCUT2D eigenvalue weighted by atomic mass is 9.86. The van der Waals surface area contributed by atoms with Crippen molar-refractivity contribution < 1.29 is 10.0 Å². The third-order valence-corrected chi connectivity index (χ3v) is 4.61. The minimum absolute atomic E-state index is 0.00582. The first kappa shape index (κ1) is 15.9. The fourth-order valence-electron chi connectivity index (χ4n) is 3.21. The maximum absolute atomic E-state index is 10.9. The number of non-ortho nitro benzene ring substituents is 1. The molecule has 21 heavy (non-hydrogen) atoms. The van der Waals surface area contributed by atoms with Crippen LogP contribution in [0.2, 0.25) is 0 Å². The van der Waals surface area contributed by atoms with E-state index in [1.54, 1.807) is 12.1 Å². The third kappa shape index (κ3) is 3.80. The summed E-state index contributed by atoms with van der Waals surface area (Å²) in [5.74, 6) is 0. The van der Waals surface area contributed by atoms with Crippen LogP contribution in [0.25, 0.3) is 0 Å². The van der Waals surface area contributed by atoms with Gasteiger partial charge in [0, 0.05) is 36.7 Å². The highest BCUT2D eigenvalue weighted by Gasteiger charge is 2.33. The van der Waals surface area contributed by atoms with Crippen molar-refractivity contribution in [2.45, 2.75) is 45.1 Å². The second-order valence-electron chi connectivity index (χ2n) is 6.06. The van der Waals surface area contributed by atoms with Crippen molar-refractivity contribution in [2.75, 3.05) is 13.2 Å². The predicted octanol–water partition coefficient (Wildman–Crippen LogP) is 3.19. The molecule has 0 aliphatic heterocycles. The van der Waals surface area contributed by atoms with Crippen molar-refractivity contribution in [3.05, 3.63) is 39.9 Å². The van der Waals surface area contributed by atoms with Gasteiger partial charge in [-0.25, -0.2) is 0 Å². The molecule has 1 fully saturated rings. The molecule has 2 rings (SSSR count). The van der Waals surface area contributed by atoms with E-state index < -0.39 is 0 Å². The Morgan fingerprint density at radius 1 is 1.43 bits per heavy atom. The lowest BCUT2D eigenvalue weighted by Crippen LogP contribution is -2.37. The molecule has 1 unspecified atom stereocenters. The second kappa shape index (κ2) is 7.00. The van der Waals surface area contributed by atoms with Crippen LogP contribution in [0.3, 0.4) is 0 Å². The Morgan fingerprint density at radius 2 is 2.14 bits per heavy atom. The van der Waals surface area contributed by atoms with Crippen LogP contribution in [0.4, 0.5) is 5.69 Å². The summed E-state index contributed by atoms with van der Waals surface area (Å²) >= 11 is 0. The predicted molar refractivity (Wildman–Crippen MR) is 82.1 cm³/mol. The summed E-state index contributed by atoms with van der Waals surface area (Å²) in [5, 5.41) is 24.0. The van der Waals surface area contributed by atoms with E-state index in [4.69, 9.17) is 0 Å². The van der Waals surface area contributed by atoms with E-state index in [1.165, 1.54) is 18.9 Å². The average molecular weight is 292 g/mol. The highest BCUT2D eigenvalue weighted by atomic mass is 16.6. The molecule has 116 valence electrons. The lowest BCUT2D eigenvalue weighted by molar-refractivity contribution is -0.384. The molecule has 0 aromatic heterocycles. The maximum Gasteiger partial charge on any atom is 0.269 e. The summed E-state index contributed by atoms with van der Waals surface area (Å²) in [6, 6.07) is 6.90. The molecule has 0 bridgehead atoms. The van der Waals surface area contributed by atoms with Gasteiger partial charge >= 0.3 is 0 Å². The van der Waals surface area contributed by atoms with Gasteiger partial charge in [0.15, 0.2) is 0 Å². The van der Waals surface area contributed by atoms with Crippen molar-refractivity contribution in [3.63, 3.8) is 0 Å². The molecule has 1 atom stereocenters. The number of hydrogen-bond donors (Lipinski definition) is 2. The Balaban J connectivity index is 2.06. The molecule has 1 aromatic rings. The molecule has 5 nitrogen and oxygen atoms in total. The van der Waals surface area contributed by atoms with Gasteiger partial charge < -0.3 is 10.4 Å². The van der Waals surface area contributed by atoms with E-state index in [-0.39, 0.29) is 28.7 Å². The van der Waals surface area contributed by atoms with Crippen LogP contribution in [0.5, 0.6) is 0 Å². The van der Waals surface area contributed by atoms with Crippen LogP contribution in [-0.2, 0) is 0 Å². The molecule has 1 saturated carbocycles.